The van der Waals surface area contributed by atoms with Crippen molar-refractivity contribution in [1.82, 2.24) is 14.5 Å². The number of aromatic amines is 1. The molecule has 1 fully saturated rings. The standard InChI is InChI=1S/C24H25FN4O4/c1-2-33-24(32)23-22(17-9-16(25)6-7-18(17)26-23)27-20(30)13-28-10-14-8-15(12-28)19-4-3-5-21(31)29(19)11-14/h3-7,9,14-15,26H,2,8,10-13H2,1H3,(H,27,30)/t14-,15+/m0/s1. The predicted octanol–water partition coefficient (Wildman–Crippen LogP) is 2.70. The Morgan fingerprint density at radius 2 is 2.06 bits per heavy atom. The molecule has 4 heterocycles. The first-order chi connectivity index (χ1) is 15.9. The quantitative estimate of drug-likeness (QED) is 0.581. The maximum absolute atomic E-state index is 13.9. The second-order valence-corrected chi connectivity index (χ2v) is 8.73. The Hall–Kier alpha value is -3.46. The SMILES string of the molecule is CCOC(=O)c1[nH]c2ccc(F)cc2c1NC(=O)CN1C[C@@H]2C[C@H](C1)c1cccc(=O)n1C2. The van der Waals surface area contributed by atoms with E-state index >= 15 is 0 Å². The summed E-state index contributed by atoms with van der Waals surface area (Å²) in [5.74, 6) is -0.891. The molecule has 5 rings (SSSR count). The summed E-state index contributed by atoms with van der Waals surface area (Å²) in [6.07, 6.45) is 0.996. The Morgan fingerprint density at radius 3 is 2.88 bits per heavy atom. The third kappa shape index (κ3) is 4.04. The van der Waals surface area contributed by atoms with E-state index in [9.17, 15) is 18.8 Å². The first kappa shape index (κ1) is 21.4. The van der Waals surface area contributed by atoms with Gasteiger partial charge in [0.15, 0.2) is 0 Å². The summed E-state index contributed by atoms with van der Waals surface area (Å²) < 4.78 is 20.8. The number of nitrogens with one attached hydrogen (secondary N) is 2. The van der Waals surface area contributed by atoms with Crippen LogP contribution in [-0.4, -0.2) is 52.6 Å². The molecule has 2 aliphatic rings. The number of carbonyl (C=O) groups is 2. The van der Waals surface area contributed by atoms with Gasteiger partial charge in [-0.25, -0.2) is 9.18 Å². The molecular formula is C24H25FN4O4. The zero-order valence-corrected chi connectivity index (χ0v) is 18.3. The minimum absolute atomic E-state index is 0.0199. The molecule has 3 aromatic rings. The fourth-order valence-electron chi connectivity index (χ4n) is 5.16. The molecule has 0 spiro atoms. The Bertz CT molecular complexity index is 1300. The number of nitrogens with zero attached hydrogens (tertiary/aromatic N) is 2. The number of aromatic nitrogens is 2. The number of carbonyl (C=O) groups excluding carboxylic acids is 2. The van der Waals surface area contributed by atoms with Crippen molar-refractivity contribution in [2.45, 2.75) is 25.8 Å². The van der Waals surface area contributed by atoms with Crippen LogP contribution in [0, 0.1) is 11.7 Å². The van der Waals surface area contributed by atoms with E-state index < -0.39 is 11.8 Å². The molecule has 9 heteroatoms. The molecule has 2 atom stereocenters. The van der Waals surface area contributed by atoms with E-state index in [4.69, 9.17) is 4.74 Å². The van der Waals surface area contributed by atoms with Crippen molar-refractivity contribution >= 4 is 28.5 Å². The fourth-order valence-corrected chi connectivity index (χ4v) is 5.16. The minimum atomic E-state index is -0.612. The van der Waals surface area contributed by atoms with Crippen molar-refractivity contribution in [2.24, 2.45) is 5.92 Å². The van der Waals surface area contributed by atoms with E-state index in [0.717, 1.165) is 12.1 Å². The van der Waals surface area contributed by atoms with Crippen LogP contribution in [0.3, 0.4) is 0 Å². The van der Waals surface area contributed by atoms with Gasteiger partial charge in [0.2, 0.25) is 5.91 Å². The van der Waals surface area contributed by atoms with Gasteiger partial charge in [-0.2, -0.15) is 0 Å². The lowest BCUT2D eigenvalue weighted by Crippen LogP contribution is -2.49. The zero-order valence-electron chi connectivity index (χ0n) is 18.3. The van der Waals surface area contributed by atoms with Gasteiger partial charge in [-0.15, -0.1) is 0 Å². The van der Waals surface area contributed by atoms with Crippen molar-refractivity contribution in [2.75, 3.05) is 31.6 Å². The lowest BCUT2D eigenvalue weighted by molar-refractivity contribution is -0.117. The largest absolute Gasteiger partial charge is 0.461 e. The molecule has 2 N–H and O–H groups in total. The second kappa shape index (κ2) is 8.47. The monoisotopic (exact) mass is 452 g/mol. The average molecular weight is 452 g/mol. The molecule has 1 amide bonds. The number of hydrogen-bond donors (Lipinski definition) is 2. The number of amides is 1. The maximum Gasteiger partial charge on any atom is 0.356 e. The lowest BCUT2D eigenvalue weighted by atomic mass is 9.83. The summed E-state index contributed by atoms with van der Waals surface area (Å²) in [6, 6.07) is 9.44. The van der Waals surface area contributed by atoms with E-state index in [2.05, 4.69) is 15.2 Å². The highest BCUT2D eigenvalue weighted by Gasteiger charge is 2.35. The molecule has 1 saturated heterocycles. The third-order valence-corrected chi connectivity index (χ3v) is 6.43. The van der Waals surface area contributed by atoms with Gasteiger partial charge in [-0.05, 0) is 43.5 Å². The number of hydrogen-bond acceptors (Lipinski definition) is 5. The molecule has 1 aromatic carbocycles. The Morgan fingerprint density at radius 1 is 1.21 bits per heavy atom. The number of piperidine rings is 1. The van der Waals surface area contributed by atoms with Crippen LogP contribution in [-0.2, 0) is 16.1 Å². The van der Waals surface area contributed by atoms with Crippen molar-refractivity contribution < 1.29 is 18.7 Å². The van der Waals surface area contributed by atoms with E-state index in [1.165, 1.54) is 18.2 Å². The van der Waals surface area contributed by atoms with Crippen LogP contribution < -0.4 is 10.9 Å². The van der Waals surface area contributed by atoms with Crippen molar-refractivity contribution in [3.8, 4) is 0 Å². The van der Waals surface area contributed by atoms with Gasteiger partial charge in [0.25, 0.3) is 5.56 Å². The van der Waals surface area contributed by atoms with Crippen molar-refractivity contribution in [1.29, 1.82) is 0 Å². The van der Waals surface area contributed by atoms with E-state index in [0.29, 0.717) is 36.5 Å². The molecule has 2 aliphatic heterocycles. The molecule has 172 valence electrons. The van der Waals surface area contributed by atoms with Crippen LogP contribution in [0.25, 0.3) is 10.9 Å². The molecule has 0 radical (unpaired) electrons. The predicted molar refractivity (Wildman–Crippen MR) is 121 cm³/mol. The zero-order chi connectivity index (χ0) is 23.1. The van der Waals surface area contributed by atoms with E-state index in [1.807, 2.05) is 10.6 Å². The Balaban J connectivity index is 1.36. The molecule has 2 bridgehead atoms. The summed E-state index contributed by atoms with van der Waals surface area (Å²) in [4.78, 5) is 42.6. The van der Waals surface area contributed by atoms with Gasteiger partial charge in [0.05, 0.1) is 18.8 Å². The maximum atomic E-state index is 13.9. The van der Waals surface area contributed by atoms with Gasteiger partial charge in [-0.3, -0.25) is 14.5 Å². The molecule has 8 nitrogen and oxygen atoms in total. The fraction of sp³-hybridized carbons (Fsp3) is 0.375. The summed E-state index contributed by atoms with van der Waals surface area (Å²) in [5.41, 5.74) is 1.88. The van der Waals surface area contributed by atoms with Crippen LogP contribution in [0.1, 0.15) is 35.4 Å². The minimum Gasteiger partial charge on any atom is -0.461 e. The number of pyridine rings is 1. The molecule has 0 unspecified atom stereocenters. The number of halogens is 1. The Labute approximate surface area is 189 Å². The van der Waals surface area contributed by atoms with Gasteiger partial charge in [-0.1, -0.05) is 6.07 Å². The van der Waals surface area contributed by atoms with Crippen molar-refractivity contribution in [3.05, 3.63) is 64.0 Å². The van der Waals surface area contributed by atoms with Crippen molar-refractivity contribution in [3.63, 3.8) is 0 Å². The van der Waals surface area contributed by atoms with Crippen LogP contribution in [0.15, 0.2) is 41.2 Å². The molecule has 2 aromatic heterocycles. The highest BCUT2D eigenvalue weighted by Crippen LogP contribution is 2.35. The number of fused-ring (bicyclic) bond motifs is 5. The van der Waals surface area contributed by atoms with Gasteiger partial charge >= 0.3 is 5.97 Å². The molecule has 0 saturated carbocycles. The van der Waals surface area contributed by atoms with Gasteiger partial charge < -0.3 is 19.6 Å². The number of anilines is 1. The van der Waals surface area contributed by atoms with Crippen LogP contribution in [0.4, 0.5) is 10.1 Å². The number of esters is 1. The van der Waals surface area contributed by atoms with Crippen LogP contribution in [0.5, 0.6) is 0 Å². The summed E-state index contributed by atoms with van der Waals surface area (Å²) in [6.45, 7) is 4.03. The number of benzene rings is 1. The van der Waals surface area contributed by atoms with E-state index in [-0.39, 0.29) is 41.9 Å². The van der Waals surface area contributed by atoms with Gasteiger partial charge in [0, 0.05) is 48.2 Å². The number of H-pyrrole nitrogens is 1. The molecule has 0 aliphatic carbocycles. The topological polar surface area (TPSA) is 96.4 Å². The number of rotatable bonds is 5. The van der Waals surface area contributed by atoms with E-state index in [1.54, 1.807) is 19.1 Å². The lowest BCUT2D eigenvalue weighted by Gasteiger charge is -2.42. The normalized spacial score (nSPS) is 19.8. The first-order valence-corrected chi connectivity index (χ1v) is 11.1. The van der Waals surface area contributed by atoms with Crippen LogP contribution >= 0.6 is 0 Å². The smallest absolute Gasteiger partial charge is 0.356 e. The summed E-state index contributed by atoms with van der Waals surface area (Å²) >= 11 is 0. The highest BCUT2D eigenvalue weighted by molar-refractivity contribution is 6.11. The summed E-state index contributed by atoms with van der Waals surface area (Å²) in [5, 5.41) is 3.22. The average Bonchev–Trinajstić information content (AvgIpc) is 3.12. The third-order valence-electron chi connectivity index (χ3n) is 6.43. The summed E-state index contributed by atoms with van der Waals surface area (Å²) in [7, 11) is 0. The number of ether oxygens (including phenoxy) is 1. The number of likely N-dealkylation sites (tertiary alicyclic amines) is 1. The highest BCUT2D eigenvalue weighted by atomic mass is 19.1. The van der Waals surface area contributed by atoms with Gasteiger partial charge in [0.1, 0.15) is 11.5 Å². The molecular weight excluding hydrogens is 427 g/mol. The van der Waals surface area contributed by atoms with Crippen LogP contribution in [0.2, 0.25) is 0 Å². The molecule has 33 heavy (non-hydrogen) atoms. The first-order valence-electron chi connectivity index (χ1n) is 11.1. The second-order valence-electron chi connectivity index (χ2n) is 8.73. The Kier molecular flexibility index (Phi) is 5.49.